The summed E-state index contributed by atoms with van der Waals surface area (Å²) in [6.07, 6.45) is 3.33. The van der Waals surface area contributed by atoms with Crippen LogP contribution in [0, 0.1) is 23.7 Å². The minimum atomic E-state index is -0.686. The molecule has 0 spiro atoms. The second-order valence-corrected chi connectivity index (χ2v) is 5.56. The number of allylic oxidation sites excluding steroid dienone is 1. The van der Waals surface area contributed by atoms with Gasteiger partial charge in [-0.05, 0) is 5.92 Å². The molecule has 2 bridgehead atoms. The number of esters is 1. The molecule has 0 aromatic carbocycles. The number of ketones is 1. The molecular formula is C14H18O5. The van der Waals surface area contributed by atoms with Gasteiger partial charge in [-0.3, -0.25) is 9.59 Å². The average molecular weight is 266 g/mol. The van der Waals surface area contributed by atoms with E-state index in [9.17, 15) is 9.59 Å². The lowest BCUT2D eigenvalue weighted by molar-refractivity contribution is -0.172. The standard InChI is InChI=1S/C14H18O5/c1-7-3-4-9(5-17-8(2)15)12-10-6-18-14(19-10)13(16)11(7)12/h3-4,7,9-12,14H,5-6H2,1-2H3/t7-,9-,10-,11+,12-,14-/m1/s1. The molecule has 0 saturated carbocycles. The first-order valence-corrected chi connectivity index (χ1v) is 6.70. The van der Waals surface area contributed by atoms with Crippen LogP contribution in [0.25, 0.3) is 0 Å². The quantitative estimate of drug-likeness (QED) is 0.549. The zero-order chi connectivity index (χ0) is 13.6. The summed E-state index contributed by atoms with van der Waals surface area (Å²) in [5, 5.41) is 0. The maximum atomic E-state index is 12.3. The summed E-state index contributed by atoms with van der Waals surface area (Å²) in [5.41, 5.74) is 0. The fraction of sp³-hybridized carbons (Fsp3) is 0.714. The highest BCUT2D eigenvalue weighted by molar-refractivity contribution is 5.86. The van der Waals surface area contributed by atoms with Crippen LogP contribution in [0.1, 0.15) is 13.8 Å². The van der Waals surface area contributed by atoms with Crippen LogP contribution >= 0.6 is 0 Å². The normalized spacial score (nSPS) is 44.0. The largest absolute Gasteiger partial charge is 0.465 e. The third-order valence-corrected chi connectivity index (χ3v) is 4.32. The second-order valence-electron chi connectivity index (χ2n) is 5.56. The van der Waals surface area contributed by atoms with E-state index in [1.807, 2.05) is 19.1 Å². The number of hydrogen-bond acceptors (Lipinski definition) is 5. The highest BCUT2D eigenvalue weighted by atomic mass is 16.7. The third-order valence-electron chi connectivity index (χ3n) is 4.32. The number of hydrogen-bond donors (Lipinski definition) is 0. The first-order chi connectivity index (χ1) is 9.08. The summed E-state index contributed by atoms with van der Waals surface area (Å²) in [4.78, 5) is 23.3. The molecule has 0 N–H and O–H groups in total. The Balaban J connectivity index is 1.84. The number of carbonyl (C=O) groups is 2. The van der Waals surface area contributed by atoms with Gasteiger partial charge in [-0.1, -0.05) is 19.1 Å². The summed E-state index contributed by atoms with van der Waals surface area (Å²) in [7, 11) is 0. The number of fused-ring (bicyclic) bond motifs is 4. The minimum Gasteiger partial charge on any atom is -0.465 e. The molecule has 2 fully saturated rings. The first kappa shape index (κ1) is 12.8. The van der Waals surface area contributed by atoms with E-state index in [4.69, 9.17) is 14.2 Å². The lowest BCUT2D eigenvalue weighted by Gasteiger charge is -2.42. The number of rotatable bonds is 2. The number of Topliss-reactive ketones (excluding diaryl/α,β-unsaturated/α-hetero) is 1. The highest BCUT2D eigenvalue weighted by Gasteiger charge is 2.54. The summed E-state index contributed by atoms with van der Waals surface area (Å²) in [6.45, 7) is 4.19. The summed E-state index contributed by atoms with van der Waals surface area (Å²) < 4.78 is 16.1. The van der Waals surface area contributed by atoms with Crippen molar-refractivity contribution >= 4 is 11.8 Å². The van der Waals surface area contributed by atoms with Crippen LogP contribution in [0.2, 0.25) is 0 Å². The molecule has 2 aliphatic heterocycles. The molecule has 3 aliphatic rings. The van der Waals surface area contributed by atoms with Crippen molar-refractivity contribution in [3.63, 3.8) is 0 Å². The van der Waals surface area contributed by atoms with Crippen LogP contribution in [0.4, 0.5) is 0 Å². The van der Waals surface area contributed by atoms with Crippen molar-refractivity contribution in [3.05, 3.63) is 12.2 Å². The maximum Gasteiger partial charge on any atom is 0.302 e. The fourth-order valence-corrected chi connectivity index (χ4v) is 3.45. The summed E-state index contributed by atoms with van der Waals surface area (Å²) in [6, 6.07) is 0. The van der Waals surface area contributed by atoms with Crippen LogP contribution in [-0.4, -0.2) is 37.4 Å². The van der Waals surface area contributed by atoms with Gasteiger partial charge in [0.25, 0.3) is 0 Å². The second kappa shape index (κ2) is 4.72. The van der Waals surface area contributed by atoms with E-state index in [-0.39, 0.29) is 41.5 Å². The van der Waals surface area contributed by atoms with Crippen LogP contribution in [0.5, 0.6) is 0 Å². The number of ether oxygens (including phenoxy) is 3. The molecule has 5 nitrogen and oxygen atoms in total. The Hall–Kier alpha value is -1.20. The SMILES string of the molecule is CC(=O)OC[C@H]1C=C[C@@H](C)[C@@H]2C(=O)[C@@H]3OC[C@@H](O3)[C@H]21. The van der Waals surface area contributed by atoms with Gasteiger partial charge in [0.15, 0.2) is 5.78 Å². The maximum absolute atomic E-state index is 12.3. The smallest absolute Gasteiger partial charge is 0.302 e. The first-order valence-electron chi connectivity index (χ1n) is 6.70. The van der Waals surface area contributed by atoms with Crippen LogP contribution < -0.4 is 0 Å². The monoisotopic (exact) mass is 266 g/mol. The van der Waals surface area contributed by atoms with Crippen molar-refractivity contribution in [2.75, 3.05) is 13.2 Å². The van der Waals surface area contributed by atoms with E-state index in [1.54, 1.807) is 0 Å². The van der Waals surface area contributed by atoms with Gasteiger partial charge in [0.2, 0.25) is 6.29 Å². The van der Waals surface area contributed by atoms with E-state index in [0.29, 0.717) is 13.2 Å². The van der Waals surface area contributed by atoms with Gasteiger partial charge >= 0.3 is 5.97 Å². The van der Waals surface area contributed by atoms with E-state index in [2.05, 4.69) is 0 Å². The summed E-state index contributed by atoms with van der Waals surface area (Å²) >= 11 is 0. The predicted molar refractivity (Wildman–Crippen MR) is 65.0 cm³/mol. The van der Waals surface area contributed by atoms with Crippen molar-refractivity contribution in [1.29, 1.82) is 0 Å². The Bertz CT molecular complexity index is 430. The molecule has 0 aromatic heterocycles. The van der Waals surface area contributed by atoms with Gasteiger partial charge < -0.3 is 14.2 Å². The summed E-state index contributed by atoms with van der Waals surface area (Å²) in [5.74, 6) is -0.0959. The molecular weight excluding hydrogens is 248 g/mol. The lowest BCUT2D eigenvalue weighted by atomic mass is 9.66. The fourth-order valence-electron chi connectivity index (χ4n) is 3.45. The number of carbonyl (C=O) groups excluding carboxylic acids is 2. The van der Waals surface area contributed by atoms with Crippen LogP contribution in [0.3, 0.4) is 0 Å². The Morgan fingerprint density at radius 1 is 1.47 bits per heavy atom. The zero-order valence-corrected chi connectivity index (χ0v) is 11.1. The molecule has 5 heteroatoms. The zero-order valence-electron chi connectivity index (χ0n) is 11.1. The van der Waals surface area contributed by atoms with E-state index in [1.165, 1.54) is 6.92 Å². The average Bonchev–Trinajstić information content (AvgIpc) is 2.80. The van der Waals surface area contributed by atoms with Gasteiger partial charge in [-0.2, -0.15) is 0 Å². The van der Waals surface area contributed by atoms with Crippen LogP contribution in [-0.2, 0) is 23.8 Å². The van der Waals surface area contributed by atoms with E-state index < -0.39 is 6.29 Å². The van der Waals surface area contributed by atoms with Gasteiger partial charge in [-0.15, -0.1) is 0 Å². The van der Waals surface area contributed by atoms with Crippen LogP contribution in [0.15, 0.2) is 12.2 Å². The van der Waals surface area contributed by atoms with Crippen molar-refractivity contribution in [2.24, 2.45) is 23.7 Å². The predicted octanol–water partition coefficient (Wildman–Crippen LogP) is 0.928. The topological polar surface area (TPSA) is 61.8 Å². The molecule has 3 rings (SSSR count). The van der Waals surface area contributed by atoms with Gasteiger partial charge in [-0.25, -0.2) is 0 Å². The molecule has 0 aromatic rings. The van der Waals surface area contributed by atoms with Gasteiger partial charge in [0, 0.05) is 24.7 Å². The van der Waals surface area contributed by atoms with Crippen molar-refractivity contribution in [2.45, 2.75) is 26.2 Å². The lowest BCUT2D eigenvalue weighted by Crippen LogP contribution is -2.51. The molecule has 0 amide bonds. The van der Waals surface area contributed by atoms with Crippen molar-refractivity contribution in [1.82, 2.24) is 0 Å². The Morgan fingerprint density at radius 3 is 3.00 bits per heavy atom. The van der Waals surface area contributed by atoms with Gasteiger partial charge in [0.1, 0.15) is 0 Å². The Labute approximate surface area is 111 Å². The third kappa shape index (κ3) is 2.11. The minimum absolute atomic E-state index is 0.0294. The molecule has 19 heavy (non-hydrogen) atoms. The van der Waals surface area contributed by atoms with Gasteiger partial charge in [0.05, 0.1) is 19.3 Å². The molecule has 0 unspecified atom stereocenters. The Kier molecular flexibility index (Phi) is 3.19. The highest BCUT2D eigenvalue weighted by Crippen LogP contribution is 2.45. The molecule has 2 heterocycles. The van der Waals surface area contributed by atoms with Crippen molar-refractivity contribution < 1.29 is 23.8 Å². The Morgan fingerprint density at radius 2 is 2.26 bits per heavy atom. The molecule has 0 radical (unpaired) electrons. The molecule has 1 aliphatic carbocycles. The molecule has 104 valence electrons. The van der Waals surface area contributed by atoms with E-state index >= 15 is 0 Å². The van der Waals surface area contributed by atoms with E-state index in [0.717, 1.165) is 0 Å². The van der Waals surface area contributed by atoms with Crippen molar-refractivity contribution in [3.8, 4) is 0 Å². The molecule has 2 saturated heterocycles. The molecule has 6 atom stereocenters.